The van der Waals surface area contributed by atoms with Gasteiger partial charge in [0.05, 0.1) is 5.70 Å². The molecule has 0 radical (unpaired) electrons. The van der Waals surface area contributed by atoms with Crippen molar-refractivity contribution in [2.24, 2.45) is 10.9 Å². The predicted octanol–water partition coefficient (Wildman–Crippen LogP) is 2.37. The summed E-state index contributed by atoms with van der Waals surface area (Å²) in [4.78, 5) is 7.78. The maximum absolute atomic E-state index is 4.46. The minimum absolute atomic E-state index is 0.567. The Morgan fingerprint density at radius 2 is 2.41 bits per heavy atom. The van der Waals surface area contributed by atoms with Crippen molar-refractivity contribution >= 4 is 11.8 Å². The van der Waals surface area contributed by atoms with E-state index in [4.69, 9.17) is 0 Å². The highest BCUT2D eigenvalue weighted by Gasteiger charge is 2.22. The van der Waals surface area contributed by atoms with Gasteiger partial charge in [-0.2, -0.15) is 0 Å². The second kappa shape index (κ2) is 4.72. The van der Waals surface area contributed by atoms with Gasteiger partial charge in [-0.05, 0) is 43.7 Å². The van der Waals surface area contributed by atoms with E-state index in [2.05, 4.69) is 33.5 Å². The summed E-state index contributed by atoms with van der Waals surface area (Å²) in [6.07, 6.45) is 10.5. The summed E-state index contributed by atoms with van der Waals surface area (Å²) in [5, 5.41) is 3.48. The van der Waals surface area contributed by atoms with E-state index in [-0.39, 0.29) is 0 Å². The molecule has 0 amide bonds. The fraction of sp³-hybridized carbons (Fsp3) is 0.357. The minimum Gasteiger partial charge on any atom is -0.361 e. The third-order valence-corrected chi connectivity index (χ3v) is 3.42. The van der Waals surface area contributed by atoms with Gasteiger partial charge in [-0.3, -0.25) is 4.99 Å². The van der Waals surface area contributed by atoms with Crippen LogP contribution in [0.3, 0.4) is 0 Å². The molecule has 3 heterocycles. The van der Waals surface area contributed by atoms with Crippen LogP contribution in [0.1, 0.15) is 18.5 Å². The zero-order valence-corrected chi connectivity index (χ0v) is 9.82. The van der Waals surface area contributed by atoms with Gasteiger partial charge in [0.1, 0.15) is 0 Å². The lowest BCUT2D eigenvalue weighted by molar-refractivity contribution is 0.447. The first-order chi connectivity index (χ1) is 8.45. The largest absolute Gasteiger partial charge is 0.361 e. The minimum atomic E-state index is 0.567. The molecule has 1 unspecified atom stereocenters. The molecule has 2 aliphatic rings. The third kappa shape index (κ3) is 2.11. The number of allylic oxidation sites excluding steroid dienone is 2. The van der Waals surface area contributed by atoms with Gasteiger partial charge in [0.2, 0.25) is 0 Å². The first-order valence-electron chi connectivity index (χ1n) is 6.24. The lowest BCUT2D eigenvalue weighted by atomic mass is 9.88. The number of aromatic amines is 1. The van der Waals surface area contributed by atoms with Crippen molar-refractivity contribution in [3.05, 3.63) is 41.9 Å². The summed E-state index contributed by atoms with van der Waals surface area (Å²) in [7, 11) is 0. The lowest BCUT2D eigenvalue weighted by Crippen LogP contribution is -2.30. The maximum Gasteiger partial charge on any atom is 0.0686 e. The van der Waals surface area contributed by atoms with Crippen LogP contribution < -0.4 is 5.32 Å². The van der Waals surface area contributed by atoms with E-state index in [1.807, 2.05) is 18.5 Å². The fourth-order valence-electron chi connectivity index (χ4n) is 2.62. The van der Waals surface area contributed by atoms with Crippen LogP contribution in [0, 0.1) is 5.92 Å². The Kier molecular flexibility index (Phi) is 2.92. The monoisotopic (exact) mass is 227 g/mol. The van der Waals surface area contributed by atoms with Gasteiger partial charge in [-0.15, -0.1) is 0 Å². The van der Waals surface area contributed by atoms with Gasteiger partial charge < -0.3 is 10.3 Å². The van der Waals surface area contributed by atoms with Crippen LogP contribution in [0.15, 0.2) is 41.2 Å². The van der Waals surface area contributed by atoms with E-state index in [0.29, 0.717) is 5.92 Å². The molecule has 1 aromatic rings. The molecule has 1 aromatic heterocycles. The van der Waals surface area contributed by atoms with E-state index >= 15 is 0 Å². The molecule has 17 heavy (non-hydrogen) atoms. The molecular weight excluding hydrogens is 210 g/mol. The Morgan fingerprint density at radius 1 is 1.41 bits per heavy atom. The van der Waals surface area contributed by atoms with E-state index in [1.54, 1.807) is 0 Å². The lowest BCUT2D eigenvalue weighted by Gasteiger charge is -2.25. The van der Waals surface area contributed by atoms with Crippen molar-refractivity contribution in [2.45, 2.75) is 12.8 Å². The summed E-state index contributed by atoms with van der Waals surface area (Å²) in [6, 6.07) is 4.19. The molecule has 0 aliphatic carbocycles. The average Bonchev–Trinajstić information content (AvgIpc) is 3.04. The van der Waals surface area contributed by atoms with Crippen LogP contribution in [0.5, 0.6) is 0 Å². The second-order valence-electron chi connectivity index (χ2n) is 4.56. The zero-order valence-electron chi connectivity index (χ0n) is 9.82. The highest BCUT2D eigenvalue weighted by Crippen LogP contribution is 2.32. The highest BCUT2D eigenvalue weighted by atomic mass is 14.9. The van der Waals surface area contributed by atoms with Crippen LogP contribution in [0.2, 0.25) is 0 Å². The molecule has 1 fully saturated rings. The van der Waals surface area contributed by atoms with Crippen molar-refractivity contribution in [1.29, 1.82) is 0 Å². The standard InChI is InChI=1S/C14H17N3/c1-4-11(10-15-7-1)14(12-5-2-8-16-12)13-6-3-9-17-13/h2-3,5-6,8-9,11,15-16H,1,4,7,10H2. The number of hydrogen-bond donors (Lipinski definition) is 2. The smallest absolute Gasteiger partial charge is 0.0686 e. The Balaban J connectivity index is 1.99. The molecule has 0 aromatic carbocycles. The quantitative estimate of drug-likeness (QED) is 0.800. The molecule has 3 heteroatoms. The fourth-order valence-corrected chi connectivity index (χ4v) is 2.62. The van der Waals surface area contributed by atoms with Crippen molar-refractivity contribution in [3.63, 3.8) is 0 Å². The van der Waals surface area contributed by atoms with E-state index in [9.17, 15) is 0 Å². The van der Waals surface area contributed by atoms with Gasteiger partial charge in [0, 0.05) is 36.1 Å². The normalized spacial score (nSPS) is 26.5. The summed E-state index contributed by atoms with van der Waals surface area (Å²) in [5.74, 6) is 0.567. The number of aliphatic imine (C=N–C) groups is 1. The van der Waals surface area contributed by atoms with E-state index < -0.39 is 0 Å². The molecule has 3 rings (SSSR count). The molecule has 2 N–H and O–H groups in total. The van der Waals surface area contributed by atoms with Crippen molar-refractivity contribution in [3.8, 4) is 0 Å². The van der Waals surface area contributed by atoms with Crippen molar-refractivity contribution < 1.29 is 0 Å². The topological polar surface area (TPSA) is 40.2 Å². The Hall–Kier alpha value is -1.61. The Bertz CT molecular complexity index is 446. The van der Waals surface area contributed by atoms with Crippen LogP contribution in [0.4, 0.5) is 0 Å². The number of aromatic nitrogens is 1. The van der Waals surface area contributed by atoms with Crippen LogP contribution in [0.25, 0.3) is 5.57 Å². The average molecular weight is 227 g/mol. The maximum atomic E-state index is 4.46. The summed E-state index contributed by atoms with van der Waals surface area (Å²) in [5.41, 5.74) is 3.67. The second-order valence-corrected chi connectivity index (χ2v) is 4.56. The van der Waals surface area contributed by atoms with Gasteiger partial charge in [-0.1, -0.05) is 0 Å². The molecule has 3 nitrogen and oxygen atoms in total. The van der Waals surface area contributed by atoms with Gasteiger partial charge in [0.25, 0.3) is 0 Å². The van der Waals surface area contributed by atoms with Gasteiger partial charge in [-0.25, -0.2) is 0 Å². The molecule has 0 saturated carbocycles. The number of H-pyrrole nitrogens is 1. The van der Waals surface area contributed by atoms with Crippen LogP contribution >= 0.6 is 0 Å². The Morgan fingerprint density at radius 3 is 3.06 bits per heavy atom. The number of hydrogen-bond acceptors (Lipinski definition) is 2. The first-order valence-corrected chi connectivity index (χ1v) is 6.24. The molecule has 1 saturated heterocycles. The molecule has 1 atom stereocenters. The molecule has 0 spiro atoms. The summed E-state index contributed by atoms with van der Waals surface area (Å²) >= 11 is 0. The number of nitrogens with one attached hydrogen (secondary N) is 2. The third-order valence-electron chi connectivity index (χ3n) is 3.42. The van der Waals surface area contributed by atoms with Crippen LogP contribution in [-0.2, 0) is 0 Å². The predicted molar refractivity (Wildman–Crippen MR) is 70.9 cm³/mol. The number of nitrogens with zero attached hydrogens (tertiary/aromatic N) is 1. The van der Waals surface area contributed by atoms with Crippen molar-refractivity contribution in [1.82, 2.24) is 10.3 Å². The molecule has 0 bridgehead atoms. The number of piperidine rings is 1. The summed E-state index contributed by atoms with van der Waals surface area (Å²) in [6.45, 7) is 2.20. The SMILES string of the molecule is C1=CC(=C(c2ccc[nH]2)C2CCCNC2)N=C1. The Labute approximate surface area is 101 Å². The summed E-state index contributed by atoms with van der Waals surface area (Å²) < 4.78 is 0. The van der Waals surface area contributed by atoms with Gasteiger partial charge >= 0.3 is 0 Å². The van der Waals surface area contributed by atoms with E-state index in [0.717, 1.165) is 18.8 Å². The molecule has 88 valence electrons. The zero-order chi connectivity index (χ0) is 11.5. The number of rotatable bonds is 2. The molecule has 2 aliphatic heterocycles. The first kappa shape index (κ1) is 10.5. The van der Waals surface area contributed by atoms with E-state index in [1.165, 1.54) is 24.1 Å². The highest BCUT2D eigenvalue weighted by molar-refractivity contribution is 5.83. The van der Waals surface area contributed by atoms with Crippen LogP contribution in [-0.4, -0.2) is 24.3 Å². The van der Waals surface area contributed by atoms with Gasteiger partial charge in [0.15, 0.2) is 0 Å². The molecular formula is C14H17N3. The van der Waals surface area contributed by atoms with Crippen molar-refractivity contribution in [2.75, 3.05) is 13.1 Å².